The lowest BCUT2D eigenvalue weighted by molar-refractivity contribution is -0.689. The number of rotatable bonds is 9. The molecule has 15 nitrogen and oxygen atoms in total. The van der Waals surface area contributed by atoms with Gasteiger partial charge < -0.3 is 35.3 Å². The molecule has 2 aliphatic heterocycles. The maximum atomic E-state index is 13.1. The minimum absolute atomic E-state index is 0.164. The summed E-state index contributed by atoms with van der Waals surface area (Å²) in [5, 5.41) is 26.6. The smallest absolute Gasteiger partial charge is 0.350 e. The van der Waals surface area contributed by atoms with E-state index in [-0.39, 0.29) is 29.7 Å². The van der Waals surface area contributed by atoms with E-state index in [0.717, 1.165) is 11.2 Å². The Morgan fingerprint density at radius 2 is 2.11 bits per heavy atom. The van der Waals surface area contributed by atoms with Crippen molar-refractivity contribution in [3.05, 3.63) is 48.0 Å². The molecule has 0 aliphatic carbocycles. The summed E-state index contributed by atoms with van der Waals surface area (Å²) >= 11 is 1.26. The Labute approximate surface area is 213 Å². The summed E-state index contributed by atoms with van der Waals surface area (Å²) in [5.41, 5.74) is 3.23. The Morgan fingerprint density at radius 3 is 2.70 bits per heavy atom. The Bertz CT molecular complexity index is 1320. The van der Waals surface area contributed by atoms with E-state index in [1.165, 1.54) is 25.6 Å². The summed E-state index contributed by atoms with van der Waals surface area (Å²) in [6.45, 7) is 2.63. The zero-order valence-electron chi connectivity index (χ0n) is 19.5. The van der Waals surface area contributed by atoms with Crippen LogP contribution in [0.3, 0.4) is 0 Å². The minimum Gasteiger partial charge on any atom is -0.543 e. The van der Waals surface area contributed by atoms with Crippen LogP contribution >= 0.6 is 11.8 Å². The highest BCUT2D eigenvalue weighted by molar-refractivity contribution is 8.00. The molecule has 194 valence electrons. The van der Waals surface area contributed by atoms with Crippen LogP contribution in [0, 0.1) is 0 Å². The van der Waals surface area contributed by atoms with Crippen LogP contribution in [0.2, 0.25) is 0 Å². The molecule has 0 bridgehead atoms. The number of aromatic nitrogens is 3. The first-order chi connectivity index (χ1) is 17.5. The fourth-order valence-corrected chi connectivity index (χ4v) is 4.81. The van der Waals surface area contributed by atoms with Crippen LogP contribution in [0.25, 0.3) is 0 Å². The van der Waals surface area contributed by atoms with Crippen molar-refractivity contribution >= 4 is 47.2 Å². The summed E-state index contributed by atoms with van der Waals surface area (Å²) in [6.07, 6.45) is 7.41. The van der Waals surface area contributed by atoms with Crippen molar-refractivity contribution in [1.82, 2.24) is 20.2 Å². The van der Waals surface area contributed by atoms with Gasteiger partial charge in [-0.05, 0) is 13.8 Å². The number of oxime groups is 1. The molecule has 2 aromatic heterocycles. The van der Waals surface area contributed by atoms with Gasteiger partial charge in [-0.1, -0.05) is 5.16 Å². The Hall–Kier alpha value is -4.47. The number of carbonyl (C=O) groups is 4. The van der Waals surface area contributed by atoms with Gasteiger partial charge in [0, 0.05) is 11.3 Å². The number of aliphatic carboxylic acids is 2. The topological polar surface area (TPSA) is 217 Å². The number of carboxylic acid groups (broad SMARTS) is 2. The molecule has 0 radical (unpaired) electrons. The Morgan fingerprint density at radius 1 is 1.41 bits per heavy atom. The molecule has 2 aliphatic rings. The molecule has 16 heteroatoms. The van der Waals surface area contributed by atoms with Crippen molar-refractivity contribution in [3.8, 4) is 0 Å². The first kappa shape index (κ1) is 25.6. The monoisotopic (exact) mass is 531 g/mol. The van der Waals surface area contributed by atoms with Gasteiger partial charge in [0.15, 0.2) is 24.7 Å². The normalized spacial score (nSPS) is 19.7. The van der Waals surface area contributed by atoms with Gasteiger partial charge in [0.05, 0.1) is 24.1 Å². The van der Waals surface area contributed by atoms with Gasteiger partial charge in [-0.15, -0.1) is 11.8 Å². The number of nitrogens with two attached hydrogens (primary N) is 1. The number of carbonyl (C=O) groups excluding carboxylic acids is 3. The molecule has 1 fully saturated rings. The lowest BCUT2D eigenvalue weighted by atomic mass is 10.0. The molecule has 0 saturated carbocycles. The number of oxazole rings is 1. The number of β-lactam (4-membered cyclic amide) rings is 1. The highest BCUT2D eigenvalue weighted by atomic mass is 32.2. The summed E-state index contributed by atoms with van der Waals surface area (Å²) < 4.78 is 6.61. The summed E-state index contributed by atoms with van der Waals surface area (Å²) in [5.74, 6) is -4.21. The van der Waals surface area contributed by atoms with E-state index < -0.39 is 46.5 Å². The first-order valence-electron chi connectivity index (χ1n) is 10.7. The third-order valence-corrected chi connectivity index (χ3v) is 6.79. The number of anilines is 1. The van der Waals surface area contributed by atoms with Crippen LogP contribution in [0.5, 0.6) is 0 Å². The standard InChI is InChI=1S/C21H21N7O8S/c1-21(2,19(33)34)36-26-12(11-8-35-20(22)24-11)15(29)25-13-16(30)28-14(18(31)32)10(9-37-17(13)28)7-27-5-3-23-4-6-27/h3-6,8,13,17H,7,9H2,1-2H3,(H4-,22,24,25,29,31,32,33,34)/b26-12-/t13?,17-/m1/s1. The number of nitrogens with one attached hydrogen (secondary N) is 1. The third-order valence-electron chi connectivity index (χ3n) is 5.45. The molecule has 4 rings (SSSR count). The zero-order chi connectivity index (χ0) is 26.9. The highest BCUT2D eigenvalue weighted by Gasteiger charge is 2.53. The molecule has 0 spiro atoms. The van der Waals surface area contributed by atoms with Crippen molar-refractivity contribution in [2.45, 2.75) is 37.4 Å². The molecule has 1 saturated heterocycles. The van der Waals surface area contributed by atoms with Crippen molar-refractivity contribution in [1.29, 1.82) is 0 Å². The van der Waals surface area contributed by atoms with Gasteiger partial charge in [-0.2, -0.15) is 9.55 Å². The number of amides is 2. The second-order valence-electron chi connectivity index (χ2n) is 8.44. The Kier molecular flexibility index (Phi) is 6.84. The predicted molar refractivity (Wildman–Crippen MR) is 122 cm³/mol. The number of carboxylic acids is 2. The largest absolute Gasteiger partial charge is 0.543 e. The molecule has 2 aromatic rings. The van der Waals surface area contributed by atoms with E-state index in [2.05, 4.69) is 20.4 Å². The average Bonchev–Trinajstić information content (AvgIpc) is 3.28. The summed E-state index contributed by atoms with van der Waals surface area (Å²) in [4.78, 5) is 63.1. The quantitative estimate of drug-likeness (QED) is 0.134. The molecule has 4 N–H and O–H groups in total. The Balaban J connectivity index is 1.55. The van der Waals surface area contributed by atoms with Gasteiger partial charge >= 0.3 is 5.97 Å². The number of thioether (sulfide) groups is 1. The van der Waals surface area contributed by atoms with E-state index in [1.807, 2.05) is 0 Å². The molecule has 2 amide bonds. The SMILES string of the molecule is CC(C)(O/N=C(\C(=O)NC1C(=O)N2C(C(=O)[O-])=C(C[n+]3ccncc3)CS[C@H]12)c1coc(N)n1)C(=O)O. The van der Waals surface area contributed by atoms with Crippen LogP contribution in [-0.2, 0) is 30.6 Å². The number of fused-ring (bicyclic) bond motifs is 1. The first-order valence-corrected chi connectivity index (χ1v) is 11.7. The molecular formula is C21H21N7O8S. The predicted octanol–water partition coefficient (Wildman–Crippen LogP) is -2.37. The lowest BCUT2D eigenvalue weighted by Gasteiger charge is -2.50. The van der Waals surface area contributed by atoms with Crippen LogP contribution in [0.15, 0.2) is 51.9 Å². The van der Waals surface area contributed by atoms with Gasteiger partial charge in [-0.3, -0.25) is 19.5 Å². The molecule has 0 aromatic carbocycles. The molecule has 4 heterocycles. The lowest BCUT2D eigenvalue weighted by Crippen LogP contribution is -2.71. The van der Waals surface area contributed by atoms with E-state index in [1.54, 1.807) is 29.4 Å². The maximum Gasteiger partial charge on any atom is 0.350 e. The van der Waals surface area contributed by atoms with Crippen LogP contribution in [0.1, 0.15) is 19.5 Å². The van der Waals surface area contributed by atoms with Crippen molar-refractivity contribution in [3.63, 3.8) is 0 Å². The van der Waals surface area contributed by atoms with Gasteiger partial charge in [0.1, 0.15) is 23.4 Å². The van der Waals surface area contributed by atoms with Gasteiger partial charge in [-0.25, -0.2) is 4.79 Å². The van der Waals surface area contributed by atoms with Gasteiger partial charge in [0.25, 0.3) is 17.8 Å². The minimum atomic E-state index is -1.79. The maximum absolute atomic E-state index is 13.1. The van der Waals surface area contributed by atoms with Crippen LogP contribution < -0.4 is 20.7 Å². The molecule has 1 unspecified atom stereocenters. The van der Waals surface area contributed by atoms with Crippen LogP contribution in [0.4, 0.5) is 6.01 Å². The average molecular weight is 532 g/mol. The second kappa shape index (κ2) is 9.88. The summed E-state index contributed by atoms with van der Waals surface area (Å²) in [6, 6.07) is -1.39. The highest BCUT2D eigenvalue weighted by Crippen LogP contribution is 2.40. The molecule has 2 atom stereocenters. The third kappa shape index (κ3) is 5.09. The van der Waals surface area contributed by atoms with E-state index >= 15 is 0 Å². The van der Waals surface area contributed by atoms with Crippen LogP contribution in [-0.4, -0.2) is 72.2 Å². The number of hydrogen-bond acceptors (Lipinski definition) is 12. The molecule has 37 heavy (non-hydrogen) atoms. The molecular weight excluding hydrogens is 510 g/mol. The fraction of sp³-hybridized carbons (Fsp3) is 0.333. The number of nitrogen functional groups attached to an aromatic ring is 1. The van der Waals surface area contributed by atoms with Crippen molar-refractivity contribution < 1.29 is 43.2 Å². The second-order valence-corrected chi connectivity index (χ2v) is 9.54. The van der Waals surface area contributed by atoms with Crippen molar-refractivity contribution in [2.24, 2.45) is 5.16 Å². The number of nitrogens with zero attached hydrogens (tertiary/aromatic N) is 5. The van der Waals surface area contributed by atoms with E-state index in [4.69, 9.17) is 15.0 Å². The zero-order valence-corrected chi connectivity index (χ0v) is 20.3. The summed E-state index contributed by atoms with van der Waals surface area (Å²) in [7, 11) is 0. The number of hydrogen-bond donors (Lipinski definition) is 3. The fourth-order valence-electron chi connectivity index (χ4n) is 3.48. The van der Waals surface area contributed by atoms with Gasteiger partial charge in [0.2, 0.25) is 5.60 Å². The van der Waals surface area contributed by atoms with E-state index in [9.17, 15) is 29.4 Å². The van der Waals surface area contributed by atoms with Crippen molar-refractivity contribution in [2.75, 3.05) is 11.5 Å². The van der Waals surface area contributed by atoms with E-state index in [0.29, 0.717) is 5.57 Å².